The molecule has 0 saturated heterocycles. The van der Waals surface area contributed by atoms with E-state index in [1.165, 1.54) is 0 Å². The van der Waals surface area contributed by atoms with Crippen molar-refractivity contribution in [2.75, 3.05) is 32.6 Å². The van der Waals surface area contributed by atoms with E-state index in [4.69, 9.17) is 10.5 Å². The van der Waals surface area contributed by atoms with Gasteiger partial charge in [0.1, 0.15) is 5.75 Å². The highest BCUT2D eigenvalue weighted by atomic mass is 16.5. The van der Waals surface area contributed by atoms with Crippen molar-refractivity contribution in [2.24, 2.45) is 10.7 Å². The first-order valence-electron chi connectivity index (χ1n) is 8.23. The Morgan fingerprint density at radius 3 is 2.60 bits per heavy atom. The molecular weight excluding hydrogens is 316 g/mol. The fourth-order valence-corrected chi connectivity index (χ4v) is 2.28. The molecule has 0 radical (unpaired) electrons. The smallest absolute Gasteiger partial charge is 0.253 e. The number of anilines is 1. The molecule has 1 aromatic heterocycles. The molecule has 0 saturated carbocycles. The first-order chi connectivity index (χ1) is 11.9. The molecule has 0 fully saturated rings. The van der Waals surface area contributed by atoms with Crippen LogP contribution < -0.4 is 15.8 Å². The number of nitrogens with zero attached hydrogens (tertiary/aromatic N) is 4. The van der Waals surface area contributed by atoms with Crippen LogP contribution in [0.1, 0.15) is 17.8 Å². The minimum Gasteiger partial charge on any atom is -0.493 e. The van der Waals surface area contributed by atoms with Crippen molar-refractivity contribution in [3.63, 3.8) is 0 Å². The summed E-state index contributed by atoms with van der Waals surface area (Å²) in [5.74, 6) is 1.37. The van der Waals surface area contributed by atoms with Crippen molar-refractivity contribution in [2.45, 2.75) is 20.3 Å². The Balaban J connectivity index is 1.97. The predicted octanol–water partition coefficient (Wildman–Crippen LogP) is 2.48. The Labute approximate surface area is 149 Å². The van der Waals surface area contributed by atoms with Gasteiger partial charge in [-0.15, -0.1) is 0 Å². The van der Waals surface area contributed by atoms with E-state index in [-0.39, 0.29) is 5.96 Å². The summed E-state index contributed by atoms with van der Waals surface area (Å²) in [7, 11) is 4.10. The zero-order valence-electron chi connectivity index (χ0n) is 15.3. The number of rotatable bonds is 7. The van der Waals surface area contributed by atoms with Gasteiger partial charge in [-0.05, 0) is 52.6 Å². The Bertz CT molecular complexity index is 709. The van der Waals surface area contributed by atoms with Crippen LogP contribution >= 0.6 is 0 Å². The average Bonchev–Trinajstić information content (AvgIpc) is 2.50. The maximum absolute atomic E-state index is 5.96. The number of ether oxygens (including phenoxy) is 1. The lowest BCUT2D eigenvalue weighted by molar-refractivity contribution is 0.281. The van der Waals surface area contributed by atoms with Gasteiger partial charge in [0.25, 0.3) is 5.95 Å². The van der Waals surface area contributed by atoms with Gasteiger partial charge in [0.15, 0.2) is 0 Å². The molecule has 134 valence electrons. The maximum atomic E-state index is 5.96. The molecule has 7 nitrogen and oxygen atoms in total. The normalized spacial score (nSPS) is 11.6. The monoisotopic (exact) mass is 342 g/mol. The Kier molecular flexibility index (Phi) is 6.71. The molecule has 0 aliphatic rings. The minimum atomic E-state index is 0.231. The molecule has 0 unspecified atom stereocenters. The zero-order chi connectivity index (χ0) is 18.2. The lowest BCUT2D eigenvalue weighted by atomic mass is 10.3. The summed E-state index contributed by atoms with van der Waals surface area (Å²) in [6.07, 6.45) is 0.971. The van der Waals surface area contributed by atoms with E-state index in [9.17, 15) is 0 Å². The summed E-state index contributed by atoms with van der Waals surface area (Å²) in [5.41, 5.74) is 8.46. The highest BCUT2D eigenvalue weighted by Gasteiger charge is 2.02. The van der Waals surface area contributed by atoms with Gasteiger partial charge in [0.2, 0.25) is 5.96 Å². The van der Waals surface area contributed by atoms with Crippen molar-refractivity contribution in [3.05, 3.63) is 41.7 Å². The van der Waals surface area contributed by atoms with Gasteiger partial charge in [0.05, 0.1) is 6.61 Å². The van der Waals surface area contributed by atoms with Crippen molar-refractivity contribution in [1.29, 1.82) is 0 Å². The molecule has 0 aliphatic carbocycles. The number of aliphatic imine (C=N–C) groups is 1. The summed E-state index contributed by atoms with van der Waals surface area (Å²) in [4.78, 5) is 14.8. The molecule has 1 heterocycles. The molecule has 0 atom stereocenters. The van der Waals surface area contributed by atoms with Crippen LogP contribution in [0.15, 0.2) is 35.3 Å². The molecular formula is C18H26N6O. The number of aromatic nitrogens is 2. The number of hydrogen-bond acceptors (Lipinski definition) is 5. The Morgan fingerprint density at radius 1 is 1.20 bits per heavy atom. The van der Waals surface area contributed by atoms with E-state index < -0.39 is 0 Å². The SMILES string of the molecule is Cc1cc(C)nc(/N=C(/N)Nc2cccc(OCCCN(C)C)c2)n1. The van der Waals surface area contributed by atoms with Crippen molar-refractivity contribution in [3.8, 4) is 5.75 Å². The topological polar surface area (TPSA) is 88.7 Å². The van der Waals surface area contributed by atoms with Crippen LogP contribution in [-0.4, -0.2) is 48.1 Å². The number of aryl methyl sites for hydroxylation is 2. The summed E-state index contributed by atoms with van der Waals surface area (Å²) >= 11 is 0. The summed E-state index contributed by atoms with van der Waals surface area (Å²) < 4.78 is 5.76. The van der Waals surface area contributed by atoms with E-state index >= 15 is 0 Å². The van der Waals surface area contributed by atoms with Gasteiger partial charge in [-0.3, -0.25) is 0 Å². The van der Waals surface area contributed by atoms with Crippen LogP contribution in [0.4, 0.5) is 11.6 Å². The van der Waals surface area contributed by atoms with Crippen LogP contribution in [0.25, 0.3) is 0 Å². The minimum absolute atomic E-state index is 0.231. The number of benzene rings is 1. The van der Waals surface area contributed by atoms with Crippen LogP contribution in [0.2, 0.25) is 0 Å². The number of nitrogens with one attached hydrogen (secondary N) is 1. The third-order valence-electron chi connectivity index (χ3n) is 3.32. The van der Waals surface area contributed by atoms with Crippen LogP contribution in [0.5, 0.6) is 5.75 Å². The zero-order valence-corrected chi connectivity index (χ0v) is 15.3. The van der Waals surface area contributed by atoms with E-state index in [1.807, 2.05) is 58.3 Å². The van der Waals surface area contributed by atoms with E-state index in [0.29, 0.717) is 12.6 Å². The number of nitrogens with two attached hydrogens (primary N) is 1. The van der Waals surface area contributed by atoms with Gasteiger partial charge >= 0.3 is 0 Å². The summed E-state index contributed by atoms with van der Waals surface area (Å²) in [5, 5.41) is 3.04. The van der Waals surface area contributed by atoms with Gasteiger partial charge in [-0.1, -0.05) is 6.07 Å². The average molecular weight is 342 g/mol. The lowest BCUT2D eigenvalue weighted by Gasteiger charge is -2.11. The van der Waals surface area contributed by atoms with Gasteiger partial charge in [-0.25, -0.2) is 9.97 Å². The molecule has 0 amide bonds. The second-order valence-electron chi connectivity index (χ2n) is 6.11. The summed E-state index contributed by atoms with van der Waals surface area (Å²) in [6.45, 7) is 5.46. The fourth-order valence-electron chi connectivity index (χ4n) is 2.28. The molecule has 0 spiro atoms. The second-order valence-corrected chi connectivity index (χ2v) is 6.11. The van der Waals surface area contributed by atoms with Crippen molar-refractivity contribution < 1.29 is 4.74 Å². The molecule has 2 rings (SSSR count). The molecule has 7 heteroatoms. The Hall–Kier alpha value is -2.67. The van der Waals surface area contributed by atoms with Crippen LogP contribution in [0.3, 0.4) is 0 Å². The van der Waals surface area contributed by atoms with Gasteiger partial charge in [0, 0.05) is 29.7 Å². The maximum Gasteiger partial charge on any atom is 0.253 e. The Morgan fingerprint density at radius 2 is 1.92 bits per heavy atom. The van der Waals surface area contributed by atoms with Crippen LogP contribution in [0, 0.1) is 13.8 Å². The van der Waals surface area contributed by atoms with E-state index in [1.54, 1.807) is 0 Å². The highest BCUT2D eigenvalue weighted by molar-refractivity contribution is 5.93. The molecule has 0 bridgehead atoms. The van der Waals surface area contributed by atoms with E-state index in [0.717, 1.165) is 35.8 Å². The lowest BCUT2D eigenvalue weighted by Crippen LogP contribution is -2.22. The third kappa shape index (κ3) is 6.76. The van der Waals surface area contributed by atoms with Crippen molar-refractivity contribution >= 4 is 17.6 Å². The fraction of sp³-hybridized carbons (Fsp3) is 0.389. The summed E-state index contributed by atoms with van der Waals surface area (Å²) in [6, 6.07) is 9.50. The quantitative estimate of drug-likeness (QED) is 0.456. The first-order valence-corrected chi connectivity index (χ1v) is 8.23. The molecule has 3 N–H and O–H groups in total. The molecule has 2 aromatic rings. The largest absolute Gasteiger partial charge is 0.493 e. The number of guanidine groups is 1. The third-order valence-corrected chi connectivity index (χ3v) is 3.32. The number of hydrogen-bond donors (Lipinski definition) is 2. The van der Waals surface area contributed by atoms with Gasteiger partial charge < -0.3 is 20.7 Å². The van der Waals surface area contributed by atoms with E-state index in [2.05, 4.69) is 25.2 Å². The standard InChI is InChI=1S/C18H26N6O/c1-13-11-14(2)21-18(20-13)23-17(19)22-15-7-5-8-16(12-15)25-10-6-9-24(3)4/h5,7-8,11-12H,6,9-10H2,1-4H3,(H3,19,20,21,22,23). The van der Waals surface area contributed by atoms with Crippen LogP contribution in [-0.2, 0) is 0 Å². The molecule has 0 aliphatic heterocycles. The second kappa shape index (κ2) is 8.98. The molecule has 25 heavy (non-hydrogen) atoms. The van der Waals surface area contributed by atoms with Gasteiger partial charge in [-0.2, -0.15) is 4.99 Å². The first kappa shape index (κ1) is 18.7. The van der Waals surface area contributed by atoms with Crippen molar-refractivity contribution in [1.82, 2.24) is 14.9 Å². The highest BCUT2D eigenvalue weighted by Crippen LogP contribution is 2.17. The molecule has 1 aromatic carbocycles. The predicted molar refractivity (Wildman–Crippen MR) is 102 cm³/mol.